The largest absolute Gasteiger partial charge is 0.477 e. The minimum absolute atomic E-state index is 0. The topological polar surface area (TPSA) is 97.1 Å². The Morgan fingerprint density at radius 1 is 1.21 bits per heavy atom. The number of carbonyl (C=O) groups is 1. The van der Waals surface area contributed by atoms with Crippen LogP contribution in [0.4, 0.5) is 10.1 Å². The molecule has 4 heterocycles. The van der Waals surface area contributed by atoms with Crippen molar-refractivity contribution >= 4 is 35.0 Å². The number of pyridine rings is 2. The van der Waals surface area contributed by atoms with E-state index in [2.05, 4.69) is 9.88 Å². The van der Waals surface area contributed by atoms with Crippen LogP contribution in [0.25, 0.3) is 10.9 Å². The van der Waals surface area contributed by atoms with Gasteiger partial charge in [-0.1, -0.05) is 0 Å². The number of nitrogens with zero attached hydrogens (tertiary/aromatic N) is 4. The van der Waals surface area contributed by atoms with E-state index in [1.807, 2.05) is 29.5 Å². The number of halogens is 2. The second kappa shape index (κ2) is 10.2. The van der Waals surface area contributed by atoms with Gasteiger partial charge in [-0.2, -0.15) is 0 Å². The van der Waals surface area contributed by atoms with Crippen LogP contribution in [0.15, 0.2) is 29.3 Å². The maximum atomic E-state index is 15.3. The molecule has 0 bridgehead atoms. The molecule has 11 heteroatoms. The van der Waals surface area contributed by atoms with Crippen LogP contribution < -0.4 is 15.1 Å². The summed E-state index contributed by atoms with van der Waals surface area (Å²) in [7, 11) is 0. The van der Waals surface area contributed by atoms with Gasteiger partial charge in [0.2, 0.25) is 5.43 Å². The van der Waals surface area contributed by atoms with Crippen molar-refractivity contribution in [1.82, 2.24) is 14.5 Å². The lowest BCUT2D eigenvalue weighted by atomic mass is 10.1. The summed E-state index contributed by atoms with van der Waals surface area (Å²) < 4.78 is 28.7. The summed E-state index contributed by atoms with van der Waals surface area (Å²) in [4.78, 5) is 33.2. The minimum Gasteiger partial charge on any atom is -0.477 e. The molecular weight excluding hydrogens is 515 g/mol. The Balaban J connectivity index is 0.00000294. The second-order valence-corrected chi connectivity index (χ2v) is 10.1. The molecule has 0 radical (unpaired) electrons. The third-order valence-electron chi connectivity index (χ3n) is 7.53. The van der Waals surface area contributed by atoms with Crippen molar-refractivity contribution in [1.29, 1.82) is 0 Å². The van der Waals surface area contributed by atoms with E-state index in [1.54, 1.807) is 6.07 Å². The predicted molar refractivity (Wildman–Crippen MR) is 142 cm³/mol. The molecule has 0 amide bonds. The molecule has 1 unspecified atom stereocenters. The first kappa shape index (κ1) is 26.4. The molecule has 202 valence electrons. The molecule has 6 rings (SSSR count). The zero-order valence-electron chi connectivity index (χ0n) is 21.3. The summed E-state index contributed by atoms with van der Waals surface area (Å²) in [6.07, 6.45) is 4.82. The van der Waals surface area contributed by atoms with Gasteiger partial charge in [0.05, 0.1) is 23.5 Å². The van der Waals surface area contributed by atoms with Crippen molar-refractivity contribution < 1.29 is 23.8 Å². The first-order valence-electron chi connectivity index (χ1n) is 12.6. The van der Waals surface area contributed by atoms with Gasteiger partial charge in [0.1, 0.15) is 17.1 Å². The highest BCUT2D eigenvalue weighted by molar-refractivity contribution is 5.93. The fourth-order valence-electron chi connectivity index (χ4n) is 5.32. The normalized spacial score (nSPS) is 19.6. The lowest BCUT2D eigenvalue weighted by Crippen LogP contribution is -2.46. The van der Waals surface area contributed by atoms with E-state index in [1.165, 1.54) is 12.3 Å². The maximum Gasteiger partial charge on any atom is 0.341 e. The summed E-state index contributed by atoms with van der Waals surface area (Å²) >= 11 is 0. The van der Waals surface area contributed by atoms with Crippen LogP contribution in [-0.4, -0.2) is 58.0 Å². The highest BCUT2D eigenvalue weighted by atomic mass is 35.5. The highest BCUT2D eigenvalue weighted by Gasteiger charge is 2.29. The van der Waals surface area contributed by atoms with Gasteiger partial charge in [-0.3, -0.25) is 14.7 Å². The van der Waals surface area contributed by atoms with E-state index in [9.17, 15) is 14.7 Å². The number of carboxylic acid groups (broad SMARTS) is 1. The van der Waals surface area contributed by atoms with Crippen LogP contribution in [0.1, 0.15) is 53.0 Å². The minimum atomic E-state index is -1.29. The first-order valence-corrected chi connectivity index (χ1v) is 12.6. The zero-order valence-corrected chi connectivity index (χ0v) is 22.1. The van der Waals surface area contributed by atoms with E-state index in [0.29, 0.717) is 37.4 Å². The highest BCUT2D eigenvalue weighted by Crippen LogP contribution is 2.38. The van der Waals surface area contributed by atoms with Crippen molar-refractivity contribution in [2.75, 3.05) is 31.1 Å². The molecule has 0 spiro atoms. The average Bonchev–Trinajstić information content (AvgIpc) is 3.72. The molecule has 1 atom stereocenters. The molecule has 3 aliphatic rings. The van der Waals surface area contributed by atoms with Crippen LogP contribution in [0.5, 0.6) is 5.75 Å². The average molecular weight is 545 g/mol. The fourth-order valence-corrected chi connectivity index (χ4v) is 5.32. The lowest BCUT2D eigenvalue weighted by molar-refractivity contribution is -0.0956. The SMILES string of the molecule is Cc1ncc(CN2CCN(c3cc4c(cc3F)c(=O)c(C(=O)O)cn4C3CC3)CC2)c2c1OC(C)OC2.Cl. The number of fused-ring (bicyclic) bond motifs is 2. The molecule has 3 aromatic rings. The van der Waals surface area contributed by atoms with Gasteiger partial charge in [0.15, 0.2) is 6.29 Å². The summed E-state index contributed by atoms with van der Waals surface area (Å²) in [6.45, 7) is 7.69. The van der Waals surface area contributed by atoms with Gasteiger partial charge in [0.25, 0.3) is 0 Å². The van der Waals surface area contributed by atoms with Crippen molar-refractivity contribution in [2.45, 2.75) is 52.2 Å². The van der Waals surface area contributed by atoms with Crippen molar-refractivity contribution in [2.24, 2.45) is 0 Å². The summed E-state index contributed by atoms with van der Waals surface area (Å²) in [5.74, 6) is -0.997. The van der Waals surface area contributed by atoms with Gasteiger partial charge >= 0.3 is 5.97 Å². The smallest absolute Gasteiger partial charge is 0.341 e. The van der Waals surface area contributed by atoms with Gasteiger partial charge in [-0.15, -0.1) is 12.4 Å². The number of hydrogen-bond donors (Lipinski definition) is 1. The lowest BCUT2D eigenvalue weighted by Gasteiger charge is -2.37. The van der Waals surface area contributed by atoms with E-state index in [-0.39, 0.29) is 35.7 Å². The molecule has 1 aliphatic carbocycles. The van der Waals surface area contributed by atoms with Gasteiger partial charge in [0, 0.05) is 62.1 Å². The van der Waals surface area contributed by atoms with Crippen molar-refractivity contribution in [3.05, 3.63) is 63.0 Å². The molecule has 38 heavy (non-hydrogen) atoms. The Morgan fingerprint density at radius 3 is 2.63 bits per heavy atom. The number of ether oxygens (including phenoxy) is 2. The number of piperazine rings is 1. The number of aromatic nitrogens is 2. The Morgan fingerprint density at radius 2 is 1.95 bits per heavy atom. The molecule has 1 aromatic carbocycles. The maximum absolute atomic E-state index is 15.3. The number of anilines is 1. The molecule has 9 nitrogen and oxygen atoms in total. The fraction of sp³-hybridized carbons (Fsp3) is 0.444. The summed E-state index contributed by atoms with van der Waals surface area (Å²) in [5.41, 5.74) is 3.01. The Bertz CT molecular complexity index is 1470. The van der Waals surface area contributed by atoms with E-state index < -0.39 is 17.2 Å². The number of aryl methyl sites for hydroxylation is 1. The third kappa shape index (κ3) is 4.72. The first-order chi connectivity index (χ1) is 17.8. The molecule has 1 N–H and O–H groups in total. The monoisotopic (exact) mass is 544 g/mol. The van der Waals surface area contributed by atoms with Crippen LogP contribution in [0.3, 0.4) is 0 Å². The molecular formula is C27H30ClFN4O5. The number of carboxylic acids is 1. The quantitative estimate of drug-likeness (QED) is 0.517. The van der Waals surface area contributed by atoms with Crippen LogP contribution in [0, 0.1) is 12.7 Å². The molecule has 2 fully saturated rings. The van der Waals surface area contributed by atoms with Crippen molar-refractivity contribution in [3.8, 4) is 5.75 Å². The Labute approximate surface area is 225 Å². The van der Waals surface area contributed by atoms with Crippen molar-refractivity contribution in [3.63, 3.8) is 0 Å². The van der Waals surface area contributed by atoms with Crippen LogP contribution >= 0.6 is 12.4 Å². The molecule has 2 aromatic heterocycles. The second-order valence-electron chi connectivity index (χ2n) is 10.1. The molecule has 2 aliphatic heterocycles. The number of rotatable bonds is 5. The molecule has 1 saturated carbocycles. The van der Waals surface area contributed by atoms with Gasteiger partial charge < -0.3 is 24.0 Å². The Hall–Kier alpha value is -3.21. The summed E-state index contributed by atoms with van der Waals surface area (Å²) in [5, 5.41) is 9.58. The number of benzene rings is 1. The zero-order chi connectivity index (χ0) is 25.8. The van der Waals surface area contributed by atoms with Crippen LogP contribution in [0.2, 0.25) is 0 Å². The summed E-state index contributed by atoms with van der Waals surface area (Å²) in [6, 6.07) is 3.05. The Kier molecular flexibility index (Phi) is 7.06. The predicted octanol–water partition coefficient (Wildman–Crippen LogP) is 3.88. The standard InChI is InChI=1S/C27H29FN4O5.ClH/c1-15-26-21(14-36-16(2)37-26)17(11-29-15)12-30-5-7-31(8-6-30)24-10-23-19(9-22(24)28)25(33)20(27(34)35)13-32(23)18-3-4-18;/h9-11,13,16,18H,3-8,12,14H2,1-2H3,(H,34,35);1H. The number of aromatic carboxylic acids is 1. The van der Waals surface area contributed by atoms with E-state index in [4.69, 9.17) is 9.47 Å². The van der Waals surface area contributed by atoms with E-state index in [0.717, 1.165) is 48.5 Å². The van der Waals surface area contributed by atoms with E-state index >= 15 is 4.39 Å². The molecule has 1 saturated heterocycles. The van der Waals surface area contributed by atoms with Gasteiger partial charge in [-0.05, 0) is 44.4 Å². The van der Waals surface area contributed by atoms with Crippen LogP contribution in [-0.2, 0) is 17.9 Å². The van der Waals surface area contributed by atoms with Gasteiger partial charge in [-0.25, -0.2) is 9.18 Å². The third-order valence-corrected chi connectivity index (χ3v) is 7.53. The number of hydrogen-bond acceptors (Lipinski definition) is 7.